The van der Waals surface area contributed by atoms with Gasteiger partial charge in [0.15, 0.2) is 5.78 Å². The Morgan fingerprint density at radius 1 is 1.53 bits per heavy atom. The Morgan fingerprint density at radius 3 is 2.71 bits per heavy atom. The summed E-state index contributed by atoms with van der Waals surface area (Å²) in [6.45, 7) is 7.23. The van der Waals surface area contributed by atoms with E-state index in [-0.39, 0.29) is 17.1 Å². The molecule has 0 saturated heterocycles. The molecule has 0 atom stereocenters. The fourth-order valence-electron chi connectivity index (χ4n) is 1.38. The predicted octanol–water partition coefficient (Wildman–Crippen LogP) is 3.45. The number of ether oxygens (including phenoxy) is 1. The van der Waals surface area contributed by atoms with Crippen LogP contribution >= 0.6 is 0 Å². The van der Waals surface area contributed by atoms with Crippen LogP contribution in [0.3, 0.4) is 0 Å². The van der Waals surface area contributed by atoms with E-state index in [0.29, 0.717) is 5.75 Å². The molecule has 0 heterocycles. The van der Waals surface area contributed by atoms with Gasteiger partial charge in [-0.25, -0.2) is 0 Å². The van der Waals surface area contributed by atoms with Gasteiger partial charge in [-0.2, -0.15) is 0 Å². The van der Waals surface area contributed by atoms with E-state index >= 15 is 0 Å². The number of hydrogen-bond acceptors (Lipinski definition) is 3. The summed E-state index contributed by atoms with van der Waals surface area (Å²) >= 11 is 0. The van der Waals surface area contributed by atoms with Gasteiger partial charge in [0.1, 0.15) is 11.5 Å². The van der Waals surface area contributed by atoms with Crippen LogP contribution in [0.25, 0.3) is 0 Å². The molecule has 17 heavy (non-hydrogen) atoms. The Labute approximate surface area is 101 Å². The summed E-state index contributed by atoms with van der Waals surface area (Å²) in [4.78, 5) is 11.3. The molecule has 0 radical (unpaired) electrons. The van der Waals surface area contributed by atoms with Crippen LogP contribution in [-0.4, -0.2) is 10.9 Å². The number of allylic oxidation sites excluding steroid dienone is 3. The second-order valence-corrected chi connectivity index (χ2v) is 3.46. The van der Waals surface area contributed by atoms with Crippen LogP contribution in [0, 0.1) is 0 Å². The Kier molecular flexibility index (Phi) is 4.52. The summed E-state index contributed by atoms with van der Waals surface area (Å²) in [5.41, 5.74) is 0.228. The summed E-state index contributed by atoms with van der Waals surface area (Å²) in [6.07, 6.45) is 3.80. The van der Waals surface area contributed by atoms with Crippen molar-refractivity contribution in [1.82, 2.24) is 0 Å². The summed E-state index contributed by atoms with van der Waals surface area (Å²) in [7, 11) is 0. The average molecular weight is 232 g/mol. The topological polar surface area (TPSA) is 46.5 Å². The molecule has 0 aliphatic heterocycles. The Hall–Kier alpha value is -2.03. The zero-order valence-corrected chi connectivity index (χ0v) is 10.1. The lowest BCUT2D eigenvalue weighted by Gasteiger charge is -2.09. The van der Waals surface area contributed by atoms with Crippen LogP contribution in [-0.2, 0) is 0 Å². The van der Waals surface area contributed by atoms with Crippen molar-refractivity contribution in [2.45, 2.75) is 20.3 Å². The van der Waals surface area contributed by atoms with Crippen molar-refractivity contribution in [2.75, 3.05) is 0 Å². The van der Waals surface area contributed by atoms with Gasteiger partial charge in [0, 0.05) is 12.5 Å². The van der Waals surface area contributed by atoms with Gasteiger partial charge >= 0.3 is 0 Å². The number of aromatic hydroxyl groups is 1. The van der Waals surface area contributed by atoms with Crippen molar-refractivity contribution in [3.05, 3.63) is 48.3 Å². The van der Waals surface area contributed by atoms with Crippen LogP contribution in [0.5, 0.6) is 11.5 Å². The van der Waals surface area contributed by atoms with Crippen molar-refractivity contribution in [3.63, 3.8) is 0 Å². The molecule has 0 bridgehead atoms. The molecule has 0 aliphatic rings. The molecule has 0 unspecified atom stereocenters. The zero-order chi connectivity index (χ0) is 12.8. The lowest BCUT2D eigenvalue weighted by molar-refractivity contribution is 0.104. The second-order valence-electron chi connectivity index (χ2n) is 3.46. The molecule has 0 amide bonds. The number of hydrogen-bond donors (Lipinski definition) is 1. The SMILES string of the molecule is C=CC(=O)c1ccc(O/C(=C/C)CC)cc1O. The first-order valence-electron chi connectivity index (χ1n) is 5.45. The van der Waals surface area contributed by atoms with E-state index in [1.165, 1.54) is 18.2 Å². The number of phenols is 1. The standard InChI is InChI=1S/C14H16O3/c1-4-10(5-2)17-11-7-8-12(13(15)6-3)14(16)9-11/h4,6-9,16H,3,5H2,1-2H3/b10-4+. The molecule has 0 spiro atoms. The van der Waals surface area contributed by atoms with Gasteiger partial charge in [0.25, 0.3) is 0 Å². The first-order chi connectivity index (χ1) is 8.12. The summed E-state index contributed by atoms with van der Waals surface area (Å²) in [6, 6.07) is 4.60. The number of benzene rings is 1. The van der Waals surface area contributed by atoms with E-state index in [1.54, 1.807) is 6.07 Å². The summed E-state index contributed by atoms with van der Waals surface area (Å²) in [5.74, 6) is 0.917. The molecule has 3 heteroatoms. The minimum atomic E-state index is -0.309. The van der Waals surface area contributed by atoms with Crippen molar-refractivity contribution in [1.29, 1.82) is 0 Å². The maximum Gasteiger partial charge on any atom is 0.188 e. The Morgan fingerprint density at radius 2 is 2.24 bits per heavy atom. The predicted molar refractivity (Wildman–Crippen MR) is 67.3 cm³/mol. The number of rotatable bonds is 5. The van der Waals surface area contributed by atoms with Crippen LogP contribution in [0.4, 0.5) is 0 Å². The minimum absolute atomic E-state index is 0.0982. The number of phenolic OH excluding ortho intramolecular Hbond substituents is 1. The minimum Gasteiger partial charge on any atom is -0.507 e. The lowest BCUT2D eigenvalue weighted by atomic mass is 10.1. The highest BCUT2D eigenvalue weighted by molar-refractivity contribution is 6.06. The Bertz CT molecular complexity index is 459. The molecule has 0 fully saturated rings. The van der Waals surface area contributed by atoms with Gasteiger partial charge in [-0.3, -0.25) is 4.79 Å². The fraction of sp³-hybridized carbons (Fsp3) is 0.214. The first-order valence-corrected chi connectivity index (χ1v) is 5.45. The van der Waals surface area contributed by atoms with E-state index < -0.39 is 0 Å². The molecule has 1 aromatic rings. The van der Waals surface area contributed by atoms with Gasteiger partial charge in [0.05, 0.1) is 11.3 Å². The number of ketones is 1. The quantitative estimate of drug-likeness (QED) is 0.480. The van der Waals surface area contributed by atoms with E-state index in [0.717, 1.165) is 12.2 Å². The van der Waals surface area contributed by atoms with Gasteiger partial charge in [-0.15, -0.1) is 0 Å². The largest absolute Gasteiger partial charge is 0.507 e. The van der Waals surface area contributed by atoms with E-state index in [2.05, 4.69) is 6.58 Å². The average Bonchev–Trinajstić information content (AvgIpc) is 2.35. The molecule has 90 valence electrons. The smallest absolute Gasteiger partial charge is 0.188 e. The fourth-order valence-corrected chi connectivity index (χ4v) is 1.38. The third kappa shape index (κ3) is 3.21. The highest BCUT2D eigenvalue weighted by Gasteiger charge is 2.09. The van der Waals surface area contributed by atoms with Gasteiger partial charge in [-0.05, 0) is 31.2 Å². The van der Waals surface area contributed by atoms with E-state index in [9.17, 15) is 9.90 Å². The monoisotopic (exact) mass is 232 g/mol. The highest BCUT2D eigenvalue weighted by atomic mass is 16.5. The number of carbonyl (C=O) groups excluding carboxylic acids is 1. The van der Waals surface area contributed by atoms with Crippen LogP contribution in [0.15, 0.2) is 42.7 Å². The van der Waals surface area contributed by atoms with Crippen molar-refractivity contribution < 1.29 is 14.6 Å². The van der Waals surface area contributed by atoms with E-state index in [1.807, 2.05) is 19.9 Å². The zero-order valence-electron chi connectivity index (χ0n) is 10.1. The van der Waals surface area contributed by atoms with Gasteiger partial charge < -0.3 is 9.84 Å². The summed E-state index contributed by atoms with van der Waals surface area (Å²) in [5, 5.41) is 9.68. The molecule has 1 N–H and O–H groups in total. The molecule has 0 saturated carbocycles. The highest BCUT2D eigenvalue weighted by Crippen LogP contribution is 2.25. The van der Waals surface area contributed by atoms with Crippen LogP contribution < -0.4 is 4.74 Å². The third-order valence-corrected chi connectivity index (χ3v) is 2.34. The second kappa shape index (κ2) is 5.89. The molecular formula is C14H16O3. The number of carbonyl (C=O) groups is 1. The third-order valence-electron chi connectivity index (χ3n) is 2.34. The maximum atomic E-state index is 11.3. The van der Waals surface area contributed by atoms with Crippen molar-refractivity contribution >= 4 is 5.78 Å². The van der Waals surface area contributed by atoms with Gasteiger partial charge in [0.2, 0.25) is 0 Å². The summed E-state index contributed by atoms with van der Waals surface area (Å²) < 4.78 is 5.53. The Balaban J connectivity index is 2.97. The molecular weight excluding hydrogens is 216 g/mol. The lowest BCUT2D eigenvalue weighted by Crippen LogP contribution is -1.97. The van der Waals surface area contributed by atoms with Gasteiger partial charge in [-0.1, -0.05) is 13.5 Å². The molecule has 3 nitrogen and oxygen atoms in total. The molecule has 0 aliphatic carbocycles. The van der Waals surface area contributed by atoms with E-state index in [4.69, 9.17) is 4.74 Å². The van der Waals surface area contributed by atoms with Crippen molar-refractivity contribution in [2.24, 2.45) is 0 Å². The van der Waals surface area contributed by atoms with Crippen molar-refractivity contribution in [3.8, 4) is 11.5 Å². The first kappa shape index (κ1) is 13.0. The molecule has 1 aromatic carbocycles. The molecule has 1 rings (SSSR count). The normalized spacial score (nSPS) is 11.1. The van der Waals surface area contributed by atoms with Crippen LogP contribution in [0.2, 0.25) is 0 Å². The molecule has 0 aromatic heterocycles. The maximum absolute atomic E-state index is 11.3. The van der Waals surface area contributed by atoms with Crippen LogP contribution in [0.1, 0.15) is 30.6 Å².